The first-order valence-electron chi connectivity index (χ1n) is 8.52. The molecule has 0 aliphatic rings. The summed E-state index contributed by atoms with van der Waals surface area (Å²) in [4.78, 5) is 25.0. The van der Waals surface area contributed by atoms with Crippen LogP contribution in [-0.2, 0) is 21.3 Å². The van der Waals surface area contributed by atoms with Crippen LogP contribution >= 0.6 is 0 Å². The van der Waals surface area contributed by atoms with Gasteiger partial charge in [0.15, 0.2) is 0 Å². The van der Waals surface area contributed by atoms with E-state index in [9.17, 15) is 18.0 Å². The highest BCUT2D eigenvalue weighted by Crippen LogP contribution is 2.22. The molecule has 0 radical (unpaired) electrons. The number of esters is 1. The van der Waals surface area contributed by atoms with E-state index < -0.39 is 21.9 Å². The molecule has 0 amide bonds. The average Bonchev–Trinajstić information content (AvgIpc) is 3.07. The molecule has 8 heteroatoms. The summed E-state index contributed by atoms with van der Waals surface area (Å²) in [6.45, 7) is -0.276. The highest BCUT2D eigenvalue weighted by atomic mass is 32.2. The fourth-order valence-electron chi connectivity index (χ4n) is 2.96. The van der Waals surface area contributed by atoms with E-state index in [1.807, 2.05) is 6.07 Å². The van der Waals surface area contributed by atoms with Crippen LogP contribution in [0.4, 0.5) is 0 Å². The standard InChI is InChI=1S/C20H20N2O5S/c1-27-20(24)17-13-22(18-11-7-6-10-16(17)18)19(23)14-21(28(2,25)26)12-15-8-4-3-5-9-15/h3-11,13H,12,14H2,1-2H3. The Hall–Kier alpha value is -2.97. The van der Waals surface area contributed by atoms with Crippen LogP contribution in [0.25, 0.3) is 10.9 Å². The quantitative estimate of drug-likeness (QED) is 0.594. The summed E-state index contributed by atoms with van der Waals surface area (Å²) >= 11 is 0. The number of ether oxygens (including phenoxy) is 1. The first-order chi connectivity index (χ1) is 13.3. The Morgan fingerprint density at radius 2 is 1.68 bits per heavy atom. The summed E-state index contributed by atoms with van der Waals surface area (Å²) < 4.78 is 31.6. The van der Waals surface area contributed by atoms with Crippen molar-refractivity contribution in [3.63, 3.8) is 0 Å². The molecule has 0 unspecified atom stereocenters. The summed E-state index contributed by atoms with van der Waals surface area (Å²) in [6, 6.07) is 15.9. The van der Waals surface area contributed by atoms with Gasteiger partial charge in [0.05, 0.1) is 31.0 Å². The fraction of sp³-hybridized carbons (Fsp3) is 0.200. The highest BCUT2D eigenvalue weighted by molar-refractivity contribution is 7.88. The number of methoxy groups -OCH3 is 1. The van der Waals surface area contributed by atoms with Crippen molar-refractivity contribution in [1.82, 2.24) is 8.87 Å². The van der Waals surface area contributed by atoms with E-state index in [0.29, 0.717) is 10.9 Å². The lowest BCUT2D eigenvalue weighted by Crippen LogP contribution is -2.36. The predicted molar refractivity (Wildman–Crippen MR) is 106 cm³/mol. The van der Waals surface area contributed by atoms with Gasteiger partial charge in [-0.3, -0.25) is 9.36 Å². The number of carbonyl (C=O) groups is 2. The van der Waals surface area contributed by atoms with Crippen molar-refractivity contribution >= 4 is 32.8 Å². The zero-order valence-corrected chi connectivity index (χ0v) is 16.3. The molecule has 28 heavy (non-hydrogen) atoms. The molecule has 1 heterocycles. The van der Waals surface area contributed by atoms with Crippen LogP contribution in [0.15, 0.2) is 60.8 Å². The monoisotopic (exact) mass is 400 g/mol. The maximum atomic E-state index is 12.9. The Labute approximate surface area is 163 Å². The summed E-state index contributed by atoms with van der Waals surface area (Å²) in [5.74, 6) is -1.03. The van der Waals surface area contributed by atoms with Crippen molar-refractivity contribution < 1.29 is 22.7 Å². The lowest BCUT2D eigenvalue weighted by Gasteiger charge is -2.19. The van der Waals surface area contributed by atoms with Crippen LogP contribution in [-0.4, -0.2) is 49.1 Å². The van der Waals surface area contributed by atoms with E-state index >= 15 is 0 Å². The molecule has 0 N–H and O–H groups in total. The van der Waals surface area contributed by atoms with Gasteiger partial charge in [-0.15, -0.1) is 0 Å². The number of hydrogen-bond donors (Lipinski definition) is 0. The van der Waals surface area contributed by atoms with Crippen LogP contribution in [0.2, 0.25) is 0 Å². The molecule has 1 aromatic heterocycles. The van der Waals surface area contributed by atoms with E-state index in [1.165, 1.54) is 17.9 Å². The van der Waals surface area contributed by atoms with Crippen molar-refractivity contribution in [3.8, 4) is 0 Å². The third-order valence-electron chi connectivity index (χ3n) is 4.37. The van der Waals surface area contributed by atoms with Gasteiger partial charge in [0.2, 0.25) is 15.9 Å². The highest BCUT2D eigenvalue weighted by Gasteiger charge is 2.24. The van der Waals surface area contributed by atoms with Gasteiger partial charge in [-0.2, -0.15) is 4.31 Å². The molecule has 0 saturated carbocycles. The van der Waals surface area contributed by atoms with E-state index in [2.05, 4.69) is 0 Å². The molecule has 0 saturated heterocycles. The normalized spacial score (nSPS) is 11.7. The second-order valence-corrected chi connectivity index (χ2v) is 8.31. The van der Waals surface area contributed by atoms with Crippen LogP contribution in [0, 0.1) is 0 Å². The van der Waals surface area contributed by atoms with Gasteiger partial charge < -0.3 is 4.74 Å². The second-order valence-electron chi connectivity index (χ2n) is 6.33. The largest absolute Gasteiger partial charge is 0.465 e. The summed E-state index contributed by atoms with van der Waals surface area (Å²) in [7, 11) is -2.36. The van der Waals surface area contributed by atoms with Crippen molar-refractivity contribution in [3.05, 3.63) is 71.9 Å². The maximum Gasteiger partial charge on any atom is 0.340 e. The first-order valence-corrected chi connectivity index (χ1v) is 10.4. The van der Waals surface area contributed by atoms with E-state index in [1.54, 1.807) is 48.5 Å². The lowest BCUT2D eigenvalue weighted by atomic mass is 10.2. The number of rotatable bonds is 6. The maximum absolute atomic E-state index is 12.9. The van der Waals surface area contributed by atoms with Crippen LogP contribution < -0.4 is 0 Å². The van der Waals surface area contributed by atoms with E-state index in [0.717, 1.165) is 16.1 Å². The molecule has 3 rings (SSSR count). The Kier molecular flexibility index (Phi) is 5.62. The van der Waals surface area contributed by atoms with Gasteiger partial charge >= 0.3 is 5.97 Å². The van der Waals surface area contributed by atoms with Gasteiger partial charge in [0.1, 0.15) is 0 Å². The number of para-hydroxylation sites is 1. The zero-order valence-electron chi connectivity index (χ0n) is 15.5. The molecule has 0 bridgehead atoms. The van der Waals surface area contributed by atoms with E-state index in [-0.39, 0.29) is 18.7 Å². The summed E-state index contributed by atoms with van der Waals surface area (Å²) in [5.41, 5.74) is 1.54. The van der Waals surface area contributed by atoms with Crippen LogP contribution in [0.1, 0.15) is 20.7 Å². The molecule has 146 valence electrons. The second kappa shape index (κ2) is 7.95. The number of hydrogen-bond acceptors (Lipinski definition) is 5. The average molecular weight is 400 g/mol. The number of nitrogens with zero attached hydrogens (tertiary/aromatic N) is 2. The number of benzene rings is 2. The summed E-state index contributed by atoms with van der Waals surface area (Å²) in [6.07, 6.45) is 2.46. The topological polar surface area (TPSA) is 85.7 Å². The third kappa shape index (κ3) is 4.13. The first kappa shape index (κ1) is 19.8. The Morgan fingerprint density at radius 1 is 1.04 bits per heavy atom. The van der Waals surface area contributed by atoms with Gasteiger partial charge in [0.25, 0.3) is 0 Å². The predicted octanol–water partition coefficient (Wildman–Crippen LogP) is 2.53. The minimum Gasteiger partial charge on any atom is -0.465 e. The van der Waals surface area contributed by atoms with Crippen molar-refractivity contribution in [1.29, 1.82) is 0 Å². The molecule has 2 aromatic carbocycles. The Bertz CT molecular complexity index is 1120. The van der Waals surface area contributed by atoms with Crippen LogP contribution in [0.3, 0.4) is 0 Å². The molecular formula is C20H20N2O5S. The summed E-state index contributed by atoms with van der Waals surface area (Å²) in [5, 5.41) is 0.566. The SMILES string of the molecule is COC(=O)c1cn(C(=O)CN(Cc2ccccc2)S(C)(=O)=O)c2ccccc12. The Balaban J connectivity index is 1.95. The molecule has 7 nitrogen and oxygen atoms in total. The Morgan fingerprint density at radius 3 is 2.32 bits per heavy atom. The van der Waals surface area contributed by atoms with Gasteiger partial charge in [-0.1, -0.05) is 48.5 Å². The minimum absolute atomic E-state index is 0.0779. The third-order valence-corrected chi connectivity index (χ3v) is 5.56. The zero-order chi connectivity index (χ0) is 20.3. The molecule has 0 aliphatic heterocycles. The minimum atomic E-state index is -3.63. The van der Waals surface area contributed by atoms with E-state index in [4.69, 9.17) is 4.74 Å². The molecule has 0 aliphatic carbocycles. The molecule has 0 spiro atoms. The molecular weight excluding hydrogens is 380 g/mol. The smallest absolute Gasteiger partial charge is 0.340 e. The molecule has 0 fully saturated rings. The number of fused-ring (bicyclic) bond motifs is 1. The number of aromatic nitrogens is 1. The van der Waals surface area contributed by atoms with Gasteiger partial charge in [-0.25, -0.2) is 13.2 Å². The van der Waals surface area contributed by atoms with Crippen LogP contribution in [0.5, 0.6) is 0 Å². The number of carbonyl (C=O) groups excluding carboxylic acids is 2. The molecule has 0 atom stereocenters. The van der Waals surface area contributed by atoms with Crippen molar-refractivity contribution in [2.75, 3.05) is 19.9 Å². The van der Waals surface area contributed by atoms with Gasteiger partial charge in [-0.05, 0) is 11.6 Å². The molecule has 3 aromatic rings. The van der Waals surface area contributed by atoms with Crippen molar-refractivity contribution in [2.45, 2.75) is 6.54 Å². The fourth-order valence-corrected chi connectivity index (χ4v) is 3.69. The number of sulfonamides is 1. The van der Waals surface area contributed by atoms with Crippen molar-refractivity contribution in [2.24, 2.45) is 0 Å². The van der Waals surface area contributed by atoms with Gasteiger partial charge in [0, 0.05) is 18.1 Å². The lowest BCUT2D eigenvalue weighted by molar-refractivity contribution is 0.0603.